The summed E-state index contributed by atoms with van der Waals surface area (Å²) in [5.41, 5.74) is 2.14. The molecule has 0 bridgehead atoms. The van der Waals surface area contributed by atoms with Crippen LogP contribution in [0.4, 0.5) is 4.79 Å². The average Bonchev–Trinajstić information content (AvgIpc) is 2.78. The highest BCUT2D eigenvalue weighted by molar-refractivity contribution is 5.80. The minimum atomic E-state index is -0.538. The molecule has 0 aromatic heterocycles. The van der Waals surface area contributed by atoms with Crippen LogP contribution in [0.5, 0.6) is 0 Å². The Labute approximate surface area is 184 Å². The molecule has 0 saturated carbocycles. The van der Waals surface area contributed by atoms with Crippen molar-refractivity contribution in [1.82, 2.24) is 10.6 Å². The third kappa shape index (κ3) is 9.03. The van der Waals surface area contributed by atoms with E-state index in [-0.39, 0.29) is 37.4 Å². The SMILES string of the molecule is CC(C)C(CNC(=O)OCCc1ccccc1)C(=O)NCC(C=O)Cc1ccccc1. The van der Waals surface area contributed by atoms with Crippen molar-refractivity contribution in [3.63, 3.8) is 0 Å². The highest BCUT2D eigenvalue weighted by Gasteiger charge is 2.24. The fraction of sp³-hybridized carbons (Fsp3) is 0.400. The molecule has 0 aliphatic heterocycles. The van der Waals surface area contributed by atoms with Crippen molar-refractivity contribution >= 4 is 18.3 Å². The van der Waals surface area contributed by atoms with Gasteiger partial charge in [-0.15, -0.1) is 0 Å². The Bertz CT molecular complexity index is 809. The van der Waals surface area contributed by atoms with Gasteiger partial charge in [0, 0.05) is 25.4 Å². The predicted octanol–water partition coefficient (Wildman–Crippen LogP) is 3.40. The van der Waals surface area contributed by atoms with E-state index < -0.39 is 12.0 Å². The molecule has 0 spiro atoms. The number of rotatable bonds is 12. The van der Waals surface area contributed by atoms with Crippen molar-refractivity contribution in [3.05, 3.63) is 71.8 Å². The molecule has 31 heavy (non-hydrogen) atoms. The molecule has 0 radical (unpaired) electrons. The zero-order valence-corrected chi connectivity index (χ0v) is 18.3. The summed E-state index contributed by atoms with van der Waals surface area (Å²) < 4.78 is 5.21. The van der Waals surface area contributed by atoms with Gasteiger partial charge in [0.1, 0.15) is 6.29 Å². The second kappa shape index (κ2) is 13.2. The maximum absolute atomic E-state index is 12.6. The van der Waals surface area contributed by atoms with Crippen molar-refractivity contribution in [3.8, 4) is 0 Å². The summed E-state index contributed by atoms with van der Waals surface area (Å²) in [6.45, 7) is 4.57. The number of ether oxygens (including phenoxy) is 1. The Hall–Kier alpha value is -3.15. The van der Waals surface area contributed by atoms with Crippen LogP contribution < -0.4 is 10.6 Å². The van der Waals surface area contributed by atoms with Crippen molar-refractivity contribution in [2.75, 3.05) is 19.7 Å². The normalized spacial score (nSPS) is 12.6. The number of benzene rings is 2. The van der Waals surface area contributed by atoms with Gasteiger partial charge in [0.15, 0.2) is 0 Å². The van der Waals surface area contributed by atoms with Crippen LogP contribution in [-0.4, -0.2) is 38.0 Å². The van der Waals surface area contributed by atoms with Gasteiger partial charge in [0.2, 0.25) is 5.91 Å². The molecule has 2 rings (SSSR count). The smallest absolute Gasteiger partial charge is 0.407 e. The lowest BCUT2D eigenvalue weighted by Gasteiger charge is -2.21. The van der Waals surface area contributed by atoms with Gasteiger partial charge in [-0.2, -0.15) is 0 Å². The number of nitrogens with one attached hydrogen (secondary N) is 2. The zero-order valence-electron chi connectivity index (χ0n) is 18.3. The molecule has 2 aromatic rings. The lowest BCUT2D eigenvalue weighted by Crippen LogP contribution is -2.43. The molecule has 2 aromatic carbocycles. The van der Waals surface area contributed by atoms with E-state index in [1.165, 1.54) is 0 Å². The Kier molecular flexibility index (Phi) is 10.3. The molecule has 2 unspecified atom stereocenters. The third-order valence-electron chi connectivity index (χ3n) is 5.15. The fourth-order valence-corrected chi connectivity index (χ4v) is 3.23. The standard InChI is InChI=1S/C25H32N2O4/c1-19(2)23(17-27-25(30)31-14-13-20-9-5-3-6-10-20)24(29)26-16-22(18-28)15-21-11-7-4-8-12-21/h3-12,18-19,22-23H,13-17H2,1-2H3,(H,26,29)(H,27,30). The van der Waals surface area contributed by atoms with E-state index in [2.05, 4.69) is 10.6 Å². The number of hydrogen-bond donors (Lipinski definition) is 2. The lowest BCUT2D eigenvalue weighted by atomic mass is 9.94. The predicted molar refractivity (Wildman–Crippen MR) is 121 cm³/mol. The summed E-state index contributed by atoms with van der Waals surface area (Å²) in [5, 5.41) is 5.54. The number of hydrogen-bond acceptors (Lipinski definition) is 4. The first kappa shape index (κ1) is 24.1. The molecule has 2 amide bonds. The summed E-state index contributed by atoms with van der Waals surface area (Å²) in [7, 11) is 0. The number of carbonyl (C=O) groups excluding carboxylic acids is 3. The molecule has 0 aliphatic rings. The van der Waals surface area contributed by atoms with Gasteiger partial charge < -0.3 is 20.2 Å². The zero-order chi connectivity index (χ0) is 22.5. The Balaban J connectivity index is 1.74. The summed E-state index contributed by atoms with van der Waals surface area (Å²) >= 11 is 0. The van der Waals surface area contributed by atoms with Crippen LogP contribution >= 0.6 is 0 Å². The van der Waals surface area contributed by atoms with E-state index in [1.807, 2.05) is 74.5 Å². The lowest BCUT2D eigenvalue weighted by molar-refractivity contribution is -0.126. The second-order valence-corrected chi connectivity index (χ2v) is 7.93. The highest BCUT2D eigenvalue weighted by atomic mass is 16.5. The Morgan fingerprint density at radius 1 is 0.903 bits per heavy atom. The summed E-state index contributed by atoms with van der Waals surface area (Å²) in [6.07, 6.45) is 1.55. The maximum atomic E-state index is 12.6. The van der Waals surface area contributed by atoms with E-state index in [0.29, 0.717) is 12.8 Å². The van der Waals surface area contributed by atoms with Gasteiger partial charge >= 0.3 is 6.09 Å². The summed E-state index contributed by atoms with van der Waals surface area (Å²) in [4.78, 5) is 36.1. The monoisotopic (exact) mass is 424 g/mol. The number of aldehydes is 1. The molecule has 0 aliphatic carbocycles. The summed E-state index contributed by atoms with van der Waals surface area (Å²) in [6, 6.07) is 19.5. The average molecular weight is 425 g/mol. The fourth-order valence-electron chi connectivity index (χ4n) is 3.23. The summed E-state index contributed by atoms with van der Waals surface area (Å²) in [5.74, 6) is -0.867. The van der Waals surface area contributed by atoms with Crippen LogP contribution in [-0.2, 0) is 27.2 Å². The van der Waals surface area contributed by atoms with Gasteiger partial charge in [-0.3, -0.25) is 4.79 Å². The van der Waals surface area contributed by atoms with Crippen molar-refractivity contribution in [2.45, 2.75) is 26.7 Å². The van der Waals surface area contributed by atoms with E-state index in [9.17, 15) is 14.4 Å². The van der Waals surface area contributed by atoms with Gasteiger partial charge in [-0.05, 0) is 23.5 Å². The van der Waals surface area contributed by atoms with Gasteiger partial charge in [-0.25, -0.2) is 4.79 Å². The first-order valence-electron chi connectivity index (χ1n) is 10.7. The molecule has 166 valence electrons. The molecule has 0 heterocycles. The van der Waals surface area contributed by atoms with E-state index in [1.54, 1.807) is 0 Å². The molecule has 2 N–H and O–H groups in total. The van der Waals surface area contributed by atoms with Crippen molar-refractivity contribution in [2.24, 2.45) is 17.8 Å². The van der Waals surface area contributed by atoms with Crippen LogP contribution in [0.1, 0.15) is 25.0 Å². The maximum Gasteiger partial charge on any atom is 0.407 e. The molecule has 6 nitrogen and oxygen atoms in total. The van der Waals surface area contributed by atoms with Gasteiger partial charge in [0.05, 0.1) is 12.5 Å². The molecule has 0 saturated heterocycles. The molecular formula is C25H32N2O4. The van der Waals surface area contributed by atoms with E-state index >= 15 is 0 Å². The third-order valence-corrected chi connectivity index (χ3v) is 5.15. The first-order chi connectivity index (χ1) is 15.0. The topological polar surface area (TPSA) is 84.5 Å². The van der Waals surface area contributed by atoms with Crippen LogP contribution in [0.25, 0.3) is 0 Å². The van der Waals surface area contributed by atoms with Crippen LogP contribution in [0.2, 0.25) is 0 Å². The minimum Gasteiger partial charge on any atom is -0.449 e. The molecule has 6 heteroatoms. The van der Waals surface area contributed by atoms with Crippen molar-refractivity contribution in [1.29, 1.82) is 0 Å². The van der Waals surface area contributed by atoms with E-state index in [4.69, 9.17) is 4.74 Å². The number of alkyl carbamates (subject to hydrolysis) is 1. The molecule has 2 atom stereocenters. The van der Waals surface area contributed by atoms with Gasteiger partial charge in [0.25, 0.3) is 0 Å². The van der Waals surface area contributed by atoms with Crippen molar-refractivity contribution < 1.29 is 19.1 Å². The second-order valence-electron chi connectivity index (χ2n) is 7.93. The van der Waals surface area contributed by atoms with Gasteiger partial charge in [-0.1, -0.05) is 74.5 Å². The Morgan fingerprint density at radius 2 is 1.52 bits per heavy atom. The largest absolute Gasteiger partial charge is 0.449 e. The number of amides is 2. The molecule has 0 fully saturated rings. The quantitative estimate of drug-likeness (QED) is 0.512. The van der Waals surface area contributed by atoms with Crippen LogP contribution in [0.3, 0.4) is 0 Å². The minimum absolute atomic E-state index is 0.0217. The highest BCUT2D eigenvalue weighted by Crippen LogP contribution is 2.11. The van der Waals surface area contributed by atoms with Crippen LogP contribution in [0.15, 0.2) is 60.7 Å². The molecular weight excluding hydrogens is 392 g/mol. The van der Waals surface area contributed by atoms with E-state index in [0.717, 1.165) is 17.4 Å². The Morgan fingerprint density at radius 3 is 2.10 bits per heavy atom. The number of carbonyl (C=O) groups is 3. The van der Waals surface area contributed by atoms with Crippen LogP contribution in [0, 0.1) is 17.8 Å². The first-order valence-corrected chi connectivity index (χ1v) is 10.7.